The van der Waals surface area contributed by atoms with Crippen LogP contribution < -0.4 is 16.4 Å². The molecule has 0 aliphatic carbocycles. The molecule has 0 aliphatic rings. The summed E-state index contributed by atoms with van der Waals surface area (Å²) in [5.41, 5.74) is 4.61. The predicted molar refractivity (Wildman–Crippen MR) is 76.2 cm³/mol. The average Bonchev–Trinajstić information content (AvgIpc) is 2.34. The van der Waals surface area contributed by atoms with E-state index in [9.17, 15) is 9.59 Å². The Morgan fingerprint density at radius 2 is 2.00 bits per heavy atom. The number of hydrogen-bond acceptors (Lipinski definition) is 5. The van der Waals surface area contributed by atoms with E-state index in [1.807, 2.05) is 6.92 Å². The number of rotatable bonds is 7. The van der Waals surface area contributed by atoms with Gasteiger partial charge in [-0.25, -0.2) is 9.97 Å². The summed E-state index contributed by atoms with van der Waals surface area (Å²) in [5.74, 6) is -0.230. The van der Waals surface area contributed by atoms with Crippen molar-refractivity contribution in [3.63, 3.8) is 0 Å². The SMILES string of the molecule is CCCNc1cnc(C(=O)NC(C)(C)CC(N)=O)cn1. The van der Waals surface area contributed by atoms with E-state index in [0.717, 1.165) is 13.0 Å². The lowest BCUT2D eigenvalue weighted by Gasteiger charge is -2.24. The van der Waals surface area contributed by atoms with Crippen molar-refractivity contribution >= 4 is 17.6 Å². The monoisotopic (exact) mass is 279 g/mol. The highest BCUT2D eigenvalue weighted by atomic mass is 16.2. The minimum absolute atomic E-state index is 0.0578. The number of amides is 2. The summed E-state index contributed by atoms with van der Waals surface area (Å²) < 4.78 is 0. The van der Waals surface area contributed by atoms with Crippen LogP contribution >= 0.6 is 0 Å². The third kappa shape index (κ3) is 5.21. The molecule has 0 spiro atoms. The molecule has 0 fully saturated rings. The minimum atomic E-state index is -0.719. The third-order valence-electron chi connectivity index (χ3n) is 2.51. The van der Waals surface area contributed by atoms with Gasteiger partial charge in [0.25, 0.3) is 5.91 Å². The molecule has 0 unspecified atom stereocenters. The molecule has 2 amide bonds. The highest BCUT2D eigenvalue weighted by Gasteiger charge is 2.24. The molecule has 0 radical (unpaired) electrons. The van der Waals surface area contributed by atoms with E-state index in [2.05, 4.69) is 20.6 Å². The van der Waals surface area contributed by atoms with Crippen LogP contribution in [0.5, 0.6) is 0 Å². The Kier molecular flexibility index (Phi) is 5.42. The maximum Gasteiger partial charge on any atom is 0.271 e. The maximum atomic E-state index is 12.0. The molecule has 0 atom stereocenters. The van der Waals surface area contributed by atoms with E-state index in [-0.39, 0.29) is 18.0 Å². The number of nitrogens with one attached hydrogen (secondary N) is 2. The normalized spacial score (nSPS) is 10.9. The lowest BCUT2D eigenvalue weighted by Crippen LogP contribution is -2.46. The van der Waals surface area contributed by atoms with E-state index >= 15 is 0 Å². The fraction of sp³-hybridized carbons (Fsp3) is 0.538. The molecule has 1 rings (SSSR count). The van der Waals surface area contributed by atoms with Crippen LogP contribution in [0.3, 0.4) is 0 Å². The van der Waals surface area contributed by atoms with Crippen LogP contribution in [0.25, 0.3) is 0 Å². The minimum Gasteiger partial charge on any atom is -0.370 e. The molecule has 110 valence electrons. The van der Waals surface area contributed by atoms with Gasteiger partial charge in [0.2, 0.25) is 5.91 Å². The first-order chi connectivity index (χ1) is 9.34. The van der Waals surface area contributed by atoms with Crippen molar-refractivity contribution in [1.82, 2.24) is 15.3 Å². The average molecular weight is 279 g/mol. The van der Waals surface area contributed by atoms with E-state index < -0.39 is 11.4 Å². The summed E-state index contributed by atoms with van der Waals surface area (Å²) >= 11 is 0. The lowest BCUT2D eigenvalue weighted by atomic mass is 10.0. The van der Waals surface area contributed by atoms with E-state index in [0.29, 0.717) is 5.82 Å². The van der Waals surface area contributed by atoms with Crippen LogP contribution in [0.1, 0.15) is 44.1 Å². The second-order valence-corrected chi connectivity index (χ2v) is 5.19. The van der Waals surface area contributed by atoms with Crippen LogP contribution in [0.2, 0.25) is 0 Å². The summed E-state index contributed by atoms with van der Waals surface area (Å²) in [7, 11) is 0. The van der Waals surface area contributed by atoms with Crippen LogP contribution in [-0.2, 0) is 4.79 Å². The highest BCUT2D eigenvalue weighted by molar-refractivity contribution is 5.93. The van der Waals surface area contributed by atoms with Gasteiger partial charge >= 0.3 is 0 Å². The molecule has 7 heteroatoms. The molecule has 4 N–H and O–H groups in total. The highest BCUT2D eigenvalue weighted by Crippen LogP contribution is 2.09. The smallest absolute Gasteiger partial charge is 0.271 e. The number of nitrogens with two attached hydrogens (primary N) is 1. The number of carbonyl (C=O) groups excluding carboxylic acids is 2. The van der Waals surface area contributed by atoms with Crippen molar-refractivity contribution in [2.24, 2.45) is 5.73 Å². The van der Waals surface area contributed by atoms with Crippen LogP contribution in [0.4, 0.5) is 5.82 Å². The number of aromatic nitrogens is 2. The van der Waals surface area contributed by atoms with Crippen molar-refractivity contribution in [1.29, 1.82) is 0 Å². The molecule has 1 heterocycles. The molecule has 0 saturated carbocycles. The van der Waals surface area contributed by atoms with Gasteiger partial charge in [0.05, 0.1) is 12.4 Å². The molecule has 0 saturated heterocycles. The topological polar surface area (TPSA) is 110 Å². The molecular weight excluding hydrogens is 258 g/mol. The van der Waals surface area contributed by atoms with Crippen molar-refractivity contribution < 1.29 is 9.59 Å². The van der Waals surface area contributed by atoms with Crippen LogP contribution in [0.15, 0.2) is 12.4 Å². The van der Waals surface area contributed by atoms with E-state index in [1.165, 1.54) is 12.4 Å². The maximum absolute atomic E-state index is 12.0. The summed E-state index contributed by atoms with van der Waals surface area (Å²) in [4.78, 5) is 31.0. The van der Waals surface area contributed by atoms with Crippen molar-refractivity contribution in [2.75, 3.05) is 11.9 Å². The van der Waals surface area contributed by atoms with Gasteiger partial charge in [0.1, 0.15) is 11.5 Å². The summed E-state index contributed by atoms with van der Waals surface area (Å²) in [5, 5.41) is 5.77. The Bertz CT molecular complexity index is 470. The van der Waals surface area contributed by atoms with Gasteiger partial charge in [-0.1, -0.05) is 6.92 Å². The Labute approximate surface area is 118 Å². The van der Waals surface area contributed by atoms with Crippen LogP contribution in [0, 0.1) is 0 Å². The lowest BCUT2D eigenvalue weighted by molar-refractivity contribution is -0.119. The first kappa shape index (κ1) is 15.9. The molecule has 0 aliphatic heterocycles. The Balaban J connectivity index is 2.65. The fourth-order valence-electron chi connectivity index (χ4n) is 1.64. The van der Waals surface area contributed by atoms with Crippen molar-refractivity contribution in [3.05, 3.63) is 18.1 Å². The number of primary amides is 1. The third-order valence-corrected chi connectivity index (χ3v) is 2.51. The van der Waals surface area contributed by atoms with Crippen LogP contribution in [-0.4, -0.2) is 33.9 Å². The summed E-state index contributed by atoms with van der Waals surface area (Å²) in [6.45, 7) is 6.29. The largest absolute Gasteiger partial charge is 0.370 e. The molecule has 0 bridgehead atoms. The van der Waals surface area contributed by atoms with Gasteiger partial charge in [-0.3, -0.25) is 9.59 Å². The first-order valence-electron chi connectivity index (χ1n) is 6.51. The summed E-state index contributed by atoms with van der Waals surface area (Å²) in [6.07, 6.45) is 3.94. The molecular formula is C13H21N5O2. The zero-order valence-corrected chi connectivity index (χ0v) is 12.1. The Hall–Kier alpha value is -2.18. The van der Waals surface area contributed by atoms with Gasteiger partial charge in [-0.05, 0) is 20.3 Å². The van der Waals surface area contributed by atoms with Gasteiger partial charge in [-0.15, -0.1) is 0 Å². The Morgan fingerprint density at radius 3 is 2.50 bits per heavy atom. The molecule has 7 nitrogen and oxygen atoms in total. The molecule has 1 aromatic rings. The van der Waals surface area contributed by atoms with E-state index in [1.54, 1.807) is 13.8 Å². The summed E-state index contributed by atoms with van der Waals surface area (Å²) in [6, 6.07) is 0. The predicted octanol–water partition coefficient (Wildman–Crippen LogP) is 0.682. The van der Waals surface area contributed by atoms with Gasteiger partial charge < -0.3 is 16.4 Å². The zero-order valence-electron chi connectivity index (χ0n) is 12.1. The first-order valence-corrected chi connectivity index (χ1v) is 6.51. The second-order valence-electron chi connectivity index (χ2n) is 5.19. The quantitative estimate of drug-likeness (QED) is 0.680. The molecule has 20 heavy (non-hydrogen) atoms. The molecule has 1 aromatic heterocycles. The standard InChI is InChI=1S/C13H21N5O2/c1-4-5-15-11-8-16-9(7-17-11)12(20)18-13(2,3)6-10(14)19/h7-8H,4-6H2,1-3H3,(H2,14,19)(H,15,17)(H,18,20). The van der Waals surface area contributed by atoms with E-state index in [4.69, 9.17) is 5.73 Å². The van der Waals surface area contributed by atoms with Gasteiger partial charge in [0, 0.05) is 18.5 Å². The molecule has 0 aromatic carbocycles. The van der Waals surface area contributed by atoms with Gasteiger partial charge in [-0.2, -0.15) is 0 Å². The van der Waals surface area contributed by atoms with Crippen molar-refractivity contribution in [2.45, 2.75) is 39.2 Å². The van der Waals surface area contributed by atoms with Gasteiger partial charge in [0.15, 0.2) is 0 Å². The zero-order chi connectivity index (χ0) is 15.2. The number of anilines is 1. The number of carbonyl (C=O) groups is 2. The second kappa shape index (κ2) is 6.83. The number of nitrogens with zero attached hydrogens (tertiary/aromatic N) is 2. The Morgan fingerprint density at radius 1 is 1.30 bits per heavy atom. The van der Waals surface area contributed by atoms with Crippen molar-refractivity contribution in [3.8, 4) is 0 Å². The fourth-order valence-corrected chi connectivity index (χ4v) is 1.64. The number of hydrogen-bond donors (Lipinski definition) is 3.